The second-order valence-corrected chi connectivity index (χ2v) is 9.84. The lowest BCUT2D eigenvalue weighted by Gasteiger charge is -2.46. The molecule has 6 atom stereocenters. The lowest BCUT2D eigenvalue weighted by atomic mass is 9.79. The van der Waals surface area contributed by atoms with E-state index in [2.05, 4.69) is 13.2 Å². The molecule has 34 heavy (non-hydrogen) atoms. The molecular formula is C24H31FN2O6S. The number of carbonyl (C=O) groups is 3. The Kier molecular flexibility index (Phi) is 8.59. The van der Waals surface area contributed by atoms with Gasteiger partial charge in [0, 0.05) is 22.6 Å². The van der Waals surface area contributed by atoms with Crippen LogP contribution in [0, 0.1) is 11.8 Å². The molecular weight excluding hydrogens is 463 g/mol. The van der Waals surface area contributed by atoms with Crippen LogP contribution in [0.3, 0.4) is 0 Å². The summed E-state index contributed by atoms with van der Waals surface area (Å²) >= 11 is 1.42. The van der Waals surface area contributed by atoms with Crippen molar-refractivity contribution < 1.29 is 33.4 Å². The van der Waals surface area contributed by atoms with Crippen molar-refractivity contribution in [3.8, 4) is 0 Å². The first-order valence-electron chi connectivity index (χ1n) is 11.2. The number of amides is 2. The molecule has 0 aromatic heterocycles. The van der Waals surface area contributed by atoms with Gasteiger partial charge in [-0.05, 0) is 13.3 Å². The molecule has 0 aromatic carbocycles. The summed E-state index contributed by atoms with van der Waals surface area (Å²) in [5, 5.41) is 10.0. The third-order valence-electron chi connectivity index (χ3n) is 6.24. The lowest BCUT2D eigenvalue weighted by Crippen LogP contribution is -2.63. The molecule has 3 aliphatic rings. The molecule has 3 aliphatic heterocycles. The summed E-state index contributed by atoms with van der Waals surface area (Å²) in [5.74, 6) is -1.72. The number of thioether (sulfide) groups is 1. The zero-order chi connectivity index (χ0) is 25.0. The summed E-state index contributed by atoms with van der Waals surface area (Å²) in [6.07, 6.45) is 5.07. The minimum Gasteiger partial charge on any atom is -0.457 e. The highest BCUT2D eigenvalue weighted by atomic mass is 32.2. The maximum atomic E-state index is 12.9. The molecule has 0 aliphatic carbocycles. The van der Waals surface area contributed by atoms with Crippen LogP contribution in [0.25, 0.3) is 0 Å². The Morgan fingerprint density at radius 1 is 1.29 bits per heavy atom. The number of ether oxygens (including phenoxy) is 2. The van der Waals surface area contributed by atoms with E-state index < -0.39 is 30.8 Å². The Morgan fingerprint density at radius 3 is 2.59 bits per heavy atom. The molecule has 10 heteroatoms. The van der Waals surface area contributed by atoms with Crippen LogP contribution in [0.4, 0.5) is 9.18 Å². The summed E-state index contributed by atoms with van der Waals surface area (Å²) in [5.41, 5.74) is 0.190. The Hall–Kier alpha value is -2.59. The SMILES string of the molecule is C=CCOC(=O)C1=C(S[C@H]2C[C@@H](C=CCF)N(C(=O)OCC=C)C2)[C@H](C)[C@@H]2[C@@H]([C@@H](C)O)C(=O)N12. The summed E-state index contributed by atoms with van der Waals surface area (Å²) in [6.45, 7) is 10.3. The van der Waals surface area contributed by atoms with Gasteiger partial charge in [-0.3, -0.25) is 4.79 Å². The molecule has 1 N–H and O–H groups in total. The molecule has 0 bridgehead atoms. The Bertz CT molecular complexity index is 904. The molecule has 3 heterocycles. The van der Waals surface area contributed by atoms with Crippen LogP contribution >= 0.6 is 11.8 Å². The standard InChI is InChI=1S/C24H31FN2O6S/c1-5-10-32-23(30)20-21(14(3)19-18(15(4)28)22(29)27(19)20)34-17-12-16(8-7-9-25)26(13-17)24(31)33-11-6-2/h5-8,14-19,28H,1-2,9-13H2,3-4H3/t14-,15-,16-,17+,18-,19-/m1/s1. The summed E-state index contributed by atoms with van der Waals surface area (Å²) in [7, 11) is 0. The average Bonchev–Trinajstić information content (AvgIpc) is 3.31. The molecule has 186 valence electrons. The van der Waals surface area contributed by atoms with Crippen LogP contribution in [0.5, 0.6) is 0 Å². The van der Waals surface area contributed by atoms with Crippen LogP contribution in [0.15, 0.2) is 48.1 Å². The third-order valence-corrected chi connectivity index (χ3v) is 7.73. The van der Waals surface area contributed by atoms with Gasteiger partial charge in [-0.1, -0.05) is 44.4 Å². The van der Waals surface area contributed by atoms with E-state index in [0.29, 0.717) is 17.9 Å². The lowest BCUT2D eigenvalue weighted by molar-refractivity contribution is -0.164. The van der Waals surface area contributed by atoms with Gasteiger partial charge in [-0.2, -0.15) is 0 Å². The fraction of sp³-hybridized carbons (Fsp3) is 0.542. The number of likely N-dealkylation sites (tertiary alicyclic amines) is 1. The van der Waals surface area contributed by atoms with Crippen molar-refractivity contribution in [3.05, 3.63) is 48.1 Å². The first-order chi connectivity index (χ1) is 16.3. The first-order valence-corrected chi connectivity index (χ1v) is 12.1. The van der Waals surface area contributed by atoms with Crippen molar-refractivity contribution in [3.63, 3.8) is 0 Å². The Balaban J connectivity index is 1.86. The van der Waals surface area contributed by atoms with Crippen LogP contribution in [0.1, 0.15) is 20.3 Å². The van der Waals surface area contributed by atoms with Crippen molar-refractivity contribution in [2.75, 3.05) is 26.4 Å². The van der Waals surface area contributed by atoms with E-state index in [0.717, 1.165) is 0 Å². The molecule has 8 nitrogen and oxygen atoms in total. The molecule has 0 unspecified atom stereocenters. The number of β-lactam (4-membered cyclic amide) rings is 1. The van der Waals surface area contributed by atoms with Gasteiger partial charge in [-0.25, -0.2) is 14.0 Å². The predicted octanol–water partition coefficient (Wildman–Crippen LogP) is 2.81. The van der Waals surface area contributed by atoms with E-state index in [4.69, 9.17) is 9.47 Å². The largest absolute Gasteiger partial charge is 0.457 e. The second-order valence-electron chi connectivity index (χ2n) is 8.50. The molecule has 0 spiro atoms. The summed E-state index contributed by atoms with van der Waals surface area (Å²) in [4.78, 5) is 41.9. The van der Waals surface area contributed by atoms with Gasteiger partial charge in [0.15, 0.2) is 0 Å². The van der Waals surface area contributed by atoms with Crippen molar-refractivity contribution in [1.29, 1.82) is 0 Å². The molecule has 2 fully saturated rings. The fourth-order valence-corrected chi connectivity index (χ4v) is 6.31. The first kappa shape index (κ1) is 26.0. The summed E-state index contributed by atoms with van der Waals surface area (Å²) < 4.78 is 23.2. The van der Waals surface area contributed by atoms with E-state index in [1.807, 2.05) is 6.92 Å². The van der Waals surface area contributed by atoms with Crippen LogP contribution in [-0.4, -0.2) is 82.7 Å². The quantitative estimate of drug-likeness (QED) is 0.283. The zero-order valence-electron chi connectivity index (χ0n) is 19.4. The summed E-state index contributed by atoms with van der Waals surface area (Å²) in [6, 6.07) is -0.693. The number of allylic oxidation sites excluding steroid dienone is 1. The van der Waals surface area contributed by atoms with E-state index >= 15 is 0 Å². The van der Waals surface area contributed by atoms with Crippen LogP contribution in [-0.2, 0) is 19.1 Å². The molecule has 0 saturated carbocycles. The number of aliphatic hydroxyl groups is 1. The number of hydrogen-bond acceptors (Lipinski definition) is 7. The molecule has 0 aromatic rings. The average molecular weight is 495 g/mol. The van der Waals surface area contributed by atoms with Gasteiger partial charge in [0.25, 0.3) is 0 Å². The number of alkyl halides is 1. The van der Waals surface area contributed by atoms with Crippen LogP contribution in [0.2, 0.25) is 0 Å². The van der Waals surface area contributed by atoms with Gasteiger partial charge in [0.2, 0.25) is 5.91 Å². The second kappa shape index (κ2) is 11.2. The normalized spacial score (nSPS) is 29.2. The topological polar surface area (TPSA) is 96.4 Å². The van der Waals surface area contributed by atoms with Gasteiger partial charge >= 0.3 is 12.1 Å². The Labute approximate surface area is 203 Å². The van der Waals surface area contributed by atoms with Crippen molar-refractivity contribution in [2.24, 2.45) is 11.8 Å². The van der Waals surface area contributed by atoms with Crippen molar-refractivity contribution >= 4 is 29.7 Å². The van der Waals surface area contributed by atoms with E-state index in [-0.39, 0.29) is 48.1 Å². The molecule has 3 rings (SSSR count). The van der Waals surface area contributed by atoms with Crippen molar-refractivity contribution in [1.82, 2.24) is 9.80 Å². The number of nitrogens with zero attached hydrogens (tertiary/aromatic N) is 2. The smallest absolute Gasteiger partial charge is 0.410 e. The third kappa shape index (κ3) is 4.93. The maximum Gasteiger partial charge on any atom is 0.410 e. The highest BCUT2D eigenvalue weighted by molar-refractivity contribution is 8.03. The number of hydrogen-bond donors (Lipinski definition) is 1. The van der Waals surface area contributed by atoms with E-state index in [1.54, 1.807) is 13.0 Å². The number of esters is 1. The number of halogens is 1. The van der Waals surface area contributed by atoms with Crippen molar-refractivity contribution in [2.45, 2.75) is 43.7 Å². The van der Waals surface area contributed by atoms with Gasteiger partial charge in [-0.15, -0.1) is 11.8 Å². The zero-order valence-corrected chi connectivity index (χ0v) is 20.2. The van der Waals surface area contributed by atoms with Gasteiger partial charge in [0.1, 0.15) is 25.6 Å². The number of carbonyl (C=O) groups excluding carboxylic acids is 3. The van der Waals surface area contributed by atoms with Crippen LogP contribution < -0.4 is 0 Å². The monoisotopic (exact) mass is 494 g/mol. The highest BCUT2D eigenvalue weighted by Crippen LogP contribution is 2.52. The maximum absolute atomic E-state index is 12.9. The molecule has 2 saturated heterocycles. The highest BCUT2D eigenvalue weighted by Gasteiger charge is 2.60. The van der Waals surface area contributed by atoms with E-state index in [1.165, 1.54) is 39.8 Å². The minimum atomic E-state index is -0.845. The molecule has 2 amide bonds. The predicted molar refractivity (Wildman–Crippen MR) is 126 cm³/mol. The van der Waals surface area contributed by atoms with E-state index in [9.17, 15) is 23.9 Å². The number of aliphatic hydroxyl groups excluding tert-OH is 1. The molecule has 0 radical (unpaired) electrons. The van der Waals surface area contributed by atoms with Gasteiger partial charge < -0.3 is 24.4 Å². The van der Waals surface area contributed by atoms with Gasteiger partial charge in [0.05, 0.1) is 24.1 Å². The minimum absolute atomic E-state index is 0.00361. The number of rotatable bonds is 10. The Morgan fingerprint density at radius 2 is 1.97 bits per heavy atom. The number of fused-ring (bicyclic) bond motifs is 1. The fourth-order valence-electron chi connectivity index (χ4n) is 4.78.